The van der Waals surface area contributed by atoms with Crippen molar-refractivity contribution in [3.05, 3.63) is 34.8 Å². The lowest BCUT2D eigenvalue weighted by Gasteiger charge is -2.21. The number of nitrogens with zero attached hydrogens (tertiary/aromatic N) is 3. The topological polar surface area (TPSA) is 41.1 Å². The molecule has 0 spiro atoms. The number of hydrogen-bond acceptors (Lipinski definition) is 5. The fraction of sp³-hybridized carbons (Fsp3) is 0.385. The molecule has 0 fully saturated rings. The van der Waals surface area contributed by atoms with Crippen LogP contribution in [0.4, 0.5) is 10.8 Å². The zero-order chi connectivity index (χ0) is 13.0. The number of benzene rings is 1. The highest BCUT2D eigenvalue weighted by Crippen LogP contribution is 2.21. The van der Waals surface area contributed by atoms with Crippen molar-refractivity contribution < 1.29 is 0 Å². The summed E-state index contributed by atoms with van der Waals surface area (Å²) in [6.45, 7) is 6.01. The van der Waals surface area contributed by atoms with Crippen LogP contribution in [0.25, 0.3) is 0 Å². The standard InChI is InChI=1S/C13H18N4S/c1-4-17(11-7-5-10(2)6-8-11)9-12-15-16-13(14-3)18-12/h5-8H,4,9H2,1-3H3,(H,14,16). The Labute approximate surface area is 112 Å². The van der Waals surface area contributed by atoms with Crippen molar-refractivity contribution in [3.63, 3.8) is 0 Å². The first-order valence-electron chi connectivity index (χ1n) is 6.04. The molecule has 1 N–H and O–H groups in total. The second-order valence-electron chi connectivity index (χ2n) is 4.10. The molecular weight excluding hydrogens is 244 g/mol. The van der Waals surface area contributed by atoms with Gasteiger partial charge in [0.1, 0.15) is 5.01 Å². The number of anilines is 2. The summed E-state index contributed by atoms with van der Waals surface area (Å²) in [7, 11) is 1.86. The number of rotatable bonds is 5. The third-order valence-electron chi connectivity index (χ3n) is 2.79. The van der Waals surface area contributed by atoms with Gasteiger partial charge in [0.25, 0.3) is 0 Å². The molecule has 1 aromatic carbocycles. The zero-order valence-corrected chi connectivity index (χ0v) is 11.8. The molecule has 18 heavy (non-hydrogen) atoms. The predicted molar refractivity (Wildman–Crippen MR) is 77.4 cm³/mol. The summed E-state index contributed by atoms with van der Waals surface area (Å²) in [5.74, 6) is 0. The van der Waals surface area contributed by atoms with Gasteiger partial charge in [-0.1, -0.05) is 29.0 Å². The Morgan fingerprint density at radius 3 is 2.50 bits per heavy atom. The molecule has 0 amide bonds. The monoisotopic (exact) mass is 262 g/mol. The molecule has 0 aliphatic heterocycles. The molecule has 0 saturated carbocycles. The first-order valence-corrected chi connectivity index (χ1v) is 6.86. The van der Waals surface area contributed by atoms with Gasteiger partial charge in [-0.3, -0.25) is 0 Å². The summed E-state index contributed by atoms with van der Waals surface area (Å²) in [5.41, 5.74) is 2.51. The number of aromatic nitrogens is 2. The highest BCUT2D eigenvalue weighted by molar-refractivity contribution is 7.15. The summed E-state index contributed by atoms with van der Waals surface area (Å²) in [4.78, 5) is 2.29. The maximum Gasteiger partial charge on any atom is 0.205 e. The Morgan fingerprint density at radius 2 is 1.94 bits per heavy atom. The van der Waals surface area contributed by atoms with Gasteiger partial charge in [0.2, 0.25) is 5.13 Å². The molecule has 1 heterocycles. The first kappa shape index (κ1) is 12.8. The van der Waals surface area contributed by atoms with E-state index in [1.165, 1.54) is 11.3 Å². The van der Waals surface area contributed by atoms with E-state index < -0.39 is 0 Å². The highest BCUT2D eigenvalue weighted by atomic mass is 32.1. The molecule has 0 saturated heterocycles. The molecular formula is C13H18N4S. The molecule has 0 unspecified atom stereocenters. The number of nitrogens with one attached hydrogen (secondary N) is 1. The Balaban J connectivity index is 2.11. The SMILES string of the molecule is CCN(Cc1nnc(NC)s1)c1ccc(C)cc1. The normalized spacial score (nSPS) is 10.4. The van der Waals surface area contributed by atoms with Gasteiger partial charge in [0, 0.05) is 19.3 Å². The Kier molecular flexibility index (Phi) is 4.15. The van der Waals surface area contributed by atoms with Crippen LogP contribution in [0, 0.1) is 6.92 Å². The van der Waals surface area contributed by atoms with Gasteiger partial charge in [-0.05, 0) is 26.0 Å². The lowest BCUT2D eigenvalue weighted by molar-refractivity contribution is 0.811. The Morgan fingerprint density at radius 1 is 1.22 bits per heavy atom. The third-order valence-corrected chi connectivity index (χ3v) is 3.71. The van der Waals surface area contributed by atoms with E-state index in [4.69, 9.17) is 0 Å². The minimum absolute atomic E-state index is 0.804. The first-order chi connectivity index (χ1) is 8.72. The fourth-order valence-corrected chi connectivity index (χ4v) is 2.43. The van der Waals surface area contributed by atoms with E-state index in [0.717, 1.165) is 23.2 Å². The van der Waals surface area contributed by atoms with Crippen molar-refractivity contribution in [3.8, 4) is 0 Å². The van der Waals surface area contributed by atoms with Crippen LogP contribution < -0.4 is 10.2 Å². The van der Waals surface area contributed by atoms with Crippen LogP contribution in [0.1, 0.15) is 17.5 Å². The third kappa shape index (κ3) is 2.98. The van der Waals surface area contributed by atoms with Gasteiger partial charge in [-0.25, -0.2) is 0 Å². The molecule has 0 radical (unpaired) electrons. The van der Waals surface area contributed by atoms with Crippen molar-refractivity contribution in [2.45, 2.75) is 20.4 Å². The van der Waals surface area contributed by atoms with E-state index in [1.54, 1.807) is 11.3 Å². The van der Waals surface area contributed by atoms with Crippen molar-refractivity contribution in [2.75, 3.05) is 23.8 Å². The summed E-state index contributed by atoms with van der Waals surface area (Å²) in [6.07, 6.45) is 0. The number of aryl methyl sites for hydroxylation is 1. The van der Waals surface area contributed by atoms with Crippen LogP contribution in [0.15, 0.2) is 24.3 Å². The molecule has 0 atom stereocenters. The van der Waals surface area contributed by atoms with Gasteiger partial charge >= 0.3 is 0 Å². The summed E-state index contributed by atoms with van der Waals surface area (Å²) >= 11 is 1.60. The minimum atomic E-state index is 0.804. The minimum Gasteiger partial charge on any atom is -0.365 e. The van der Waals surface area contributed by atoms with Crippen molar-refractivity contribution in [1.82, 2.24) is 10.2 Å². The van der Waals surface area contributed by atoms with Crippen LogP contribution in [0.3, 0.4) is 0 Å². The van der Waals surface area contributed by atoms with Crippen molar-refractivity contribution in [1.29, 1.82) is 0 Å². The molecule has 2 aromatic rings. The van der Waals surface area contributed by atoms with E-state index in [1.807, 2.05) is 7.05 Å². The molecule has 5 heteroatoms. The predicted octanol–water partition coefficient (Wildman–Crippen LogP) is 2.91. The quantitative estimate of drug-likeness (QED) is 0.899. The molecule has 0 aliphatic rings. The molecule has 2 rings (SSSR count). The highest BCUT2D eigenvalue weighted by Gasteiger charge is 2.09. The van der Waals surface area contributed by atoms with Gasteiger partial charge in [-0.15, -0.1) is 10.2 Å². The van der Waals surface area contributed by atoms with E-state index in [0.29, 0.717) is 0 Å². The maximum absolute atomic E-state index is 4.18. The lowest BCUT2D eigenvalue weighted by Crippen LogP contribution is -2.21. The Hall–Kier alpha value is -1.62. The number of hydrogen-bond donors (Lipinski definition) is 1. The smallest absolute Gasteiger partial charge is 0.205 e. The van der Waals surface area contributed by atoms with Gasteiger partial charge < -0.3 is 10.2 Å². The summed E-state index contributed by atoms with van der Waals surface area (Å²) < 4.78 is 0. The van der Waals surface area contributed by atoms with E-state index in [9.17, 15) is 0 Å². The second-order valence-corrected chi connectivity index (χ2v) is 5.16. The Bertz CT molecular complexity index is 492. The molecule has 1 aromatic heterocycles. The van der Waals surface area contributed by atoms with Gasteiger partial charge in [0.15, 0.2) is 0 Å². The molecule has 0 aliphatic carbocycles. The summed E-state index contributed by atoms with van der Waals surface area (Å²) in [6, 6.07) is 8.58. The maximum atomic E-state index is 4.18. The van der Waals surface area contributed by atoms with Crippen LogP contribution in [0.2, 0.25) is 0 Å². The van der Waals surface area contributed by atoms with Crippen LogP contribution in [-0.2, 0) is 6.54 Å². The zero-order valence-electron chi connectivity index (χ0n) is 11.0. The fourth-order valence-electron chi connectivity index (χ4n) is 1.72. The van der Waals surface area contributed by atoms with Crippen LogP contribution in [-0.4, -0.2) is 23.8 Å². The van der Waals surface area contributed by atoms with E-state index in [2.05, 4.69) is 58.5 Å². The van der Waals surface area contributed by atoms with E-state index >= 15 is 0 Å². The van der Waals surface area contributed by atoms with Crippen LogP contribution >= 0.6 is 11.3 Å². The lowest BCUT2D eigenvalue weighted by atomic mass is 10.2. The van der Waals surface area contributed by atoms with Crippen molar-refractivity contribution >= 4 is 22.2 Å². The largest absolute Gasteiger partial charge is 0.365 e. The molecule has 0 bridgehead atoms. The van der Waals surface area contributed by atoms with Gasteiger partial charge in [0.05, 0.1) is 6.54 Å². The average molecular weight is 262 g/mol. The summed E-state index contributed by atoms with van der Waals surface area (Å²) in [5, 5.41) is 13.2. The average Bonchev–Trinajstić information content (AvgIpc) is 2.85. The van der Waals surface area contributed by atoms with Gasteiger partial charge in [-0.2, -0.15) is 0 Å². The van der Waals surface area contributed by atoms with Crippen LogP contribution in [0.5, 0.6) is 0 Å². The molecule has 4 nitrogen and oxygen atoms in total. The molecule has 96 valence electrons. The van der Waals surface area contributed by atoms with E-state index in [-0.39, 0.29) is 0 Å². The second kappa shape index (κ2) is 5.82. The van der Waals surface area contributed by atoms with Crippen molar-refractivity contribution in [2.24, 2.45) is 0 Å².